The number of aryl methyl sites for hydroxylation is 1. The van der Waals surface area contributed by atoms with Crippen LogP contribution in [0.4, 0.5) is 0 Å². The van der Waals surface area contributed by atoms with Crippen LogP contribution in [0.3, 0.4) is 0 Å². The molecule has 1 heterocycles. The molecule has 0 saturated heterocycles. The fourth-order valence-electron chi connectivity index (χ4n) is 2.02. The van der Waals surface area contributed by atoms with Gasteiger partial charge in [-0.25, -0.2) is 8.42 Å². The smallest absolute Gasteiger partial charge is 0.226 e. The van der Waals surface area contributed by atoms with E-state index in [-0.39, 0.29) is 11.6 Å². The van der Waals surface area contributed by atoms with Gasteiger partial charge in [0.15, 0.2) is 15.7 Å². The van der Waals surface area contributed by atoms with Crippen molar-refractivity contribution in [1.82, 2.24) is 10.1 Å². The number of rotatable bonds is 8. The lowest BCUT2D eigenvalue weighted by molar-refractivity contribution is 0.313. The first-order valence-corrected chi connectivity index (χ1v) is 8.57. The van der Waals surface area contributed by atoms with Gasteiger partial charge in [-0.05, 0) is 31.2 Å². The zero-order chi connectivity index (χ0) is 14.5. The Kier molecular flexibility index (Phi) is 5.93. The van der Waals surface area contributed by atoms with Crippen LogP contribution in [0.15, 0.2) is 4.52 Å². The van der Waals surface area contributed by atoms with Crippen LogP contribution in [-0.4, -0.2) is 31.4 Å². The minimum Gasteiger partial charge on any atom is -0.339 e. The van der Waals surface area contributed by atoms with Crippen LogP contribution >= 0.6 is 0 Å². The summed E-state index contributed by atoms with van der Waals surface area (Å²) in [5, 5.41) is 3.68. The van der Waals surface area contributed by atoms with Crippen molar-refractivity contribution in [3.05, 3.63) is 11.7 Å². The molecule has 1 unspecified atom stereocenters. The Balaban J connectivity index is 2.54. The van der Waals surface area contributed by atoms with Crippen molar-refractivity contribution in [3.63, 3.8) is 0 Å². The number of hydrogen-bond acceptors (Lipinski definition) is 6. The van der Waals surface area contributed by atoms with Crippen molar-refractivity contribution >= 4 is 9.84 Å². The van der Waals surface area contributed by atoms with E-state index < -0.39 is 9.84 Å². The molecule has 1 rings (SSSR count). The SMILES string of the molecule is CC(C)C(CCN)CCc1nc(CS(C)(=O)=O)no1. The second kappa shape index (κ2) is 7.00. The molecule has 0 fully saturated rings. The molecule has 0 radical (unpaired) electrons. The lowest BCUT2D eigenvalue weighted by Gasteiger charge is -2.18. The summed E-state index contributed by atoms with van der Waals surface area (Å²) >= 11 is 0. The molecule has 2 N–H and O–H groups in total. The third-order valence-corrected chi connectivity index (χ3v) is 3.89. The van der Waals surface area contributed by atoms with Crippen molar-refractivity contribution in [1.29, 1.82) is 0 Å². The van der Waals surface area contributed by atoms with Crippen LogP contribution in [0.2, 0.25) is 0 Å². The fourth-order valence-corrected chi connectivity index (χ4v) is 2.61. The van der Waals surface area contributed by atoms with Crippen LogP contribution in [0.25, 0.3) is 0 Å². The number of nitrogens with two attached hydrogens (primary N) is 1. The zero-order valence-corrected chi connectivity index (χ0v) is 12.6. The van der Waals surface area contributed by atoms with Gasteiger partial charge >= 0.3 is 0 Å². The molecule has 0 aliphatic heterocycles. The minimum absolute atomic E-state index is 0.174. The molecule has 19 heavy (non-hydrogen) atoms. The topological polar surface area (TPSA) is 99.1 Å². The Morgan fingerprint density at radius 1 is 1.32 bits per heavy atom. The lowest BCUT2D eigenvalue weighted by atomic mass is 9.88. The van der Waals surface area contributed by atoms with Gasteiger partial charge in [0, 0.05) is 12.7 Å². The summed E-state index contributed by atoms with van der Waals surface area (Å²) in [7, 11) is -3.12. The standard InChI is InChI=1S/C12H23N3O3S/c1-9(2)10(6-7-13)4-5-12-14-11(15-18-12)8-19(3,16)17/h9-10H,4-8,13H2,1-3H3. The van der Waals surface area contributed by atoms with Gasteiger partial charge in [0.1, 0.15) is 5.75 Å². The third kappa shape index (κ3) is 6.15. The van der Waals surface area contributed by atoms with Gasteiger partial charge in [-0.2, -0.15) is 4.98 Å². The maximum atomic E-state index is 11.1. The Labute approximate surface area is 114 Å². The molecule has 0 saturated carbocycles. The predicted octanol–water partition coefficient (Wildman–Crippen LogP) is 1.17. The second-order valence-corrected chi connectivity index (χ2v) is 7.43. The minimum atomic E-state index is -3.12. The molecule has 0 aromatic carbocycles. The molecular weight excluding hydrogens is 266 g/mol. The summed E-state index contributed by atoms with van der Waals surface area (Å²) in [6.45, 7) is 5.01. The first kappa shape index (κ1) is 16.1. The molecule has 1 atom stereocenters. The Bertz CT molecular complexity index is 482. The maximum Gasteiger partial charge on any atom is 0.226 e. The first-order valence-electron chi connectivity index (χ1n) is 6.51. The molecule has 0 bridgehead atoms. The molecule has 0 amide bonds. The highest BCUT2D eigenvalue weighted by Crippen LogP contribution is 2.20. The molecule has 1 aromatic rings. The highest BCUT2D eigenvalue weighted by molar-refractivity contribution is 7.89. The summed E-state index contributed by atoms with van der Waals surface area (Å²) in [6, 6.07) is 0. The van der Waals surface area contributed by atoms with E-state index in [0.29, 0.717) is 30.7 Å². The highest BCUT2D eigenvalue weighted by Gasteiger charge is 2.16. The number of aromatic nitrogens is 2. The van der Waals surface area contributed by atoms with Crippen molar-refractivity contribution in [2.24, 2.45) is 17.6 Å². The van der Waals surface area contributed by atoms with Gasteiger partial charge in [0.25, 0.3) is 0 Å². The quantitative estimate of drug-likeness (QED) is 0.771. The van der Waals surface area contributed by atoms with Crippen LogP contribution in [-0.2, 0) is 22.0 Å². The van der Waals surface area contributed by atoms with E-state index in [4.69, 9.17) is 10.3 Å². The summed E-state index contributed by atoms with van der Waals surface area (Å²) in [6.07, 6.45) is 3.72. The zero-order valence-electron chi connectivity index (χ0n) is 11.8. The predicted molar refractivity (Wildman–Crippen MR) is 73.2 cm³/mol. The van der Waals surface area contributed by atoms with E-state index in [1.54, 1.807) is 0 Å². The number of nitrogens with zero attached hydrogens (tertiary/aromatic N) is 2. The average Bonchev–Trinajstić information content (AvgIpc) is 2.69. The normalized spacial score (nSPS) is 13.9. The summed E-state index contributed by atoms with van der Waals surface area (Å²) < 4.78 is 27.3. The van der Waals surface area contributed by atoms with Crippen LogP contribution in [0.1, 0.15) is 38.4 Å². The second-order valence-electron chi connectivity index (χ2n) is 5.29. The van der Waals surface area contributed by atoms with E-state index in [9.17, 15) is 8.42 Å². The third-order valence-electron chi connectivity index (χ3n) is 3.11. The molecule has 1 aromatic heterocycles. The molecule has 7 heteroatoms. The van der Waals surface area contributed by atoms with Crippen molar-refractivity contribution < 1.29 is 12.9 Å². The fraction of sp³-hybridized carbons (Fsp3) is 0.833. The number of sulfone groups is 1. The van der Waals surface area contributed by atoms with E-state index in [2.05, 4.69) is 24.0 Å². The Hall–Kier alpha value is -0.950. The van der Waals surface area contributed by atoms with E-state index in [1.165, 1.54) is 0 Å². The van der Waals surface area contributed by atoms with Gasteiger partial charge in [-0.3, -0.25) is 0 Å². The number of hydrogen-bond donors (Lipinski definition) is 1. The van der Waals surface area contributed by atoms with Gasteiger partial charge in [0.2, 0.25) is 5.89 Å². The maximum absolute atomic E-state index is 11.1. The molecule has 6 nitrogen and oxygen atoms in total. The molecular formula is C12H23N3O3S. The monoisotopic (exact) mass is 289 g/mol. The highest BCUT2D eigenvalue weighted by atomic mass is 32.2. The van der Waals surface area contributed by atoms with Crippen molar-refractivity contribution in [2.75, 3.05) is 12.8 Å². The average molecular weight is 289 g/mol. The van der Waals surface area contributed by atoms with E-state index in [0.717, 1.165) is 19.1 Å². The Morgan fingerprint density at radius 3 is 2.53 bits per heavy atom. The van der Waals surface area contributed by atoms with Crippen LogP contribution in [0.5, 0.6) is 0 Å². The summed E-state index contributed by atoms with van der Waals surface area (Å²) in [5.41, 5.74) is 5.59. The van der Waals surface area contributed by atoms with Crippen LogP contribution in [0, 0.1) is 11.8 Å². The van der Waals surface area contributed by atoms with Crippen LogP contribution < -0.4 is 5.73 Å². The first-order chi connectivity index (χ1) is 8.81. The largest absolute Gasteiger partial charge is 0.339 e. The molecule has 0 aliphatic carbocycles. The van der Waals surface area contributed by atoms with E-state index in [1.807, 2.05) is 0 Å². The Morgan fingerprint density at radius 2 is 2.00 bits per heavy atom. The van der Waals surface area contributed by atoms with Gasteiger partial charge in [-0.15, -0.1) is 0 Å². The summed E-state index contributed by atoms with van der Waals surface area (Å²) in [5.74, 6) is 1.64. The van der Waals surface area contributed by atoms with Gasteiger partial charge in [0.05, 0.1) is 0 Å². The van der Waals surface area contributed by atoms with E-state index >= 15 is 0 Å². The lowest BCUT2D eigenvalue weighted by Crippen LogP contribution is -2.15. The summed E-state index contributed by atoms with van der Waals surface area (Å²) in [4.78, 5) is 4.10. The van der Waals surface area contributed by atoms with Crippen molar-refractivity contribution in [2.45, 2.75) is 38.9 Å². The van der Waals surface area contributed by atoms with Gasteiger partial charge in [-0.1, -0.05) is 19.0 Å². The molecule has 0 spiro atoms. The molecule has 110 valence electrons. The molecule has 0 aliphatic rings. The van der Waals surface area contributed by atoms with Crippen molar-refractivity contribution in [3.8, 4) is 0 Å². The van der Waals surface area contributed by atoms with Gasteiger partial charge < -0.3 is 10.3 Å².